The third-order valence-electron chi connectivity index (χ3n) is 11.8. The second-order valence-corrected chi connectivity index (χ2v) is 15.5. The van der Waals surface area contributed by atoms with Crippen molar-refractivity contribution in [2.45, 2.75) is 11.8 Å². The van der Waals surface area contributed by atoms with Crippen molar-refractivity contribution in [1.82, 2.24) is 0 Å². The molecule has 2 atom stereocenters. The number of allylic oxidation sites excluding steroid dienone is 2. The summed E-state index contributed by atoms with van der Waals surface area (Å²) in [5, 5.41) is 13.4. The Balaban J connectivity index is 0.929. The van der Waals surface area contributed by atoms with Gasteiger partial charge in [0, 0.05) is 32.0 Å². The van der Waals surface area contributed by atoms with Gasteiger partial charge < -0.3 is 0 Å². The van der Waals surface area contributed by atoms with Crippen molar-refractivity contribution < 1.29 is 0 Å². The van der Waals surface area contributed by atoms with Gasteiger partial charge in [-0.2, -0.15) is 0 Å². The molecule has 51 heavy (non-hydrogen) atoms. The van der Waals surface area contributed by atoms with Crippen molar-refractivity contribution in [3.63, 3.8) is 0 Å². The number of thiophene rings is 1. The molecule has 2 aliphatic rings. The van der Waals surface area contributed by atoms with Gasteiger partial charge in [-0.1, -0.05) is 146 Å². The number of fused-ring (bicyclic) bond motifs is 3. The van der Waals surface area contributed by atoms with E-state index >= 15 is 0 Å². The summed E-state index contributed by atoms with van der Waals surface area (Å²) in [5.74, 6) is 0.649. The van der Waals surface area contributed by atoms with Crippen molar-refractivity contribution >= 4 is 86.8 Å². The van der Waals surface area contributed by atoms with Crippen molar-refractivity contribution in [1.29, 1.82) is 0 Å². The molecule has 0 saturated carbocycles. The minimum atomic E-state index is 0.308. The third-order valence-corrected chi connectivity index (χ3v) is 12.9. The van der Waals surface area contributed by atoms with Crippen LogP contribution < -0.4 is 0 Å². The number of benzene rings is 9. The first-order chi connectivity index (χ1) is 25.2. The lowest BCUT2D eigenvalue weighted by molar-refractivity contribution is 0.736. The van der Waals surface area contributed by atoms with E-state index in [4.69, 9.17) is 0 Å². The second kappa shape index (κ2) is 10.3. The Morgan fingerprint density at radius 2 is 1.02 bits per heavy atom. The Morgan fingerprint density at radius 3 is 1.88 bits per heavy atom. The van der Waals surface area contributed by atoms with Crippen molar-refractivity contribution in [3.05, 3.63) is 180 Å². The normalized spacial score (nSPS) is 16.5. The first-order valence-electron chi connectivity index (χ1n) is 17.9. The molecule has 0 aliphatic heterocycles. The zero-order valence-electron chi connectivity index (χ0n) is 27.7. The summed E-state index contributed by atoms with van der Waals surface area (Å²) in [7, 11) is 0. The zero-order valence-corrected chi connectivity index (χ0v) is 28.5. The van der Waals surface area contributed by atoms with Gasteiger partial charge >= 0.3 is 0 Å². The maximum Gasteiger partial charge on any atom is 0.0355 e. The van der Waals surface area contributed by atoms with Gasteiger partial charge in [0.05, 0.1) is 0 Å². The molecular weight excluding hydrogens is 633 g/mol. The maximum atomic E-state index is 2.48. The molecule has 0 nitrogen and oxygen atoms in total. The van der Waals surface area contributed by atoms with E-state index in [1.165, 1.54) is 108 Å². The molecule has 10 aromatic rings. The quantitative estimate of drug-likeness (QED) is 0.165. The van der Waals surface area contributed by atoms with Crippen molar-refractivity contribution in [2.24, 2.45) is 0 Å². The van der Waals surface area contributed by atoms with Crippen LogP contribution in [-0.2, 0) is 0 Å². The van der Waals surface area contributed by atoms with E-state index in [9.17, 15) is 0 Å². The highest BCUT2D eigenvalue weighted by atomic mass is 32.1. The van der Waals surface area contributed by atoms with Gasteiger partial charge in [0.15, 0.2) is 0 Å². The average Bonchev–Trinajstić information content (AvgIpc) is 3.56. The predicted octanol–water partition coefficient (Wildman–Crippen LogP) is 14.4. The van der Waals surface area contributed by atoms with Crippen LogP contribution in [0.2, 0.25) is 0 Å². The highest BCUT2D eigenvalue weighted by Gasteiger charge is 2.30. The smallest absolute Gasteiger partial charge is 0.0355 e. The highest BCUT2D eigenvalue weighted by Crippen LogP contribution is 2.49. The molecule has 0 spiro atoms. The molecule has 2 unspecified atom stereocenters. The lowest BCUT2D eigenvalue weighted by Crippen LogP contribution is -2.15. The van der Waals surface area contributed by atoms with Crippen LogP contribution in [0.3, 0.4) is 0 Å². The number of hydrogen-bond acceptors (Lipinski definition) is 1. The van der Waals surface area contributed by atoms with E-state index in [2.05, 4.69) is 170 Å². The molecule has 0 bridgehead atoms. The van der Waals surface area contributed by atoms with Gasteiger partial charge in [-0.25, -0.2) is 0 Å². The van der Waals surface area contributed by atoms with Crippen LogP contribution in [0.25, 0.3) is 97.7 Å². The fourth-order valence-corrected chi connectivity index (χ4v) is 10.4. The van der Waals surface area contributed by atoms with Gasteiger partial charge in [0.25, 0.3) is 0 Å². The summed E-state index contributed by atoms with van der Waals surface area (Å²) in [6.45, 7) is 0. The highest BCUT2D eigenvalue weighted by molar-refractivity contribution is 7.25. The molecule has 1 heteroatoms. The lowest BCUT2D eigenvalue weighted by atomic mass is 9.71. The predicted molar refractivity (Wildman–Crippen MR) is 221 cm³/mol. The summed E-state index contributed by atoms with van der Waals surface area (Å²) in [6.07, 6.45) is 9.57. The molecule has 0 radical (unpaired) electrons. The Hall–Kier alpha value is -6.02. The van der Waals surface area contributed by atoms with Crippen LogP contribution in [0, 0.1) is 0 Å². The molecule has 0 amide bonds. The van der Waals surface area contributed by atoms with Crippen LogP contribution in [0.15, 0.2) is 158 Å². The third kappa shape index (κ3) is 3.96. The Labute approximate surface area is 299 Å². The largest absolute Gasteiger partial charge is 0.135 e. The lowest BCUT2D eigenvalue weighted by Gasteiger charge is -2.32. The molecule has 1 heterocycles. The van der Waals surface area contributed by atoms with E-state index in [0.717, 1.165) is 0 Å². The van der Waals surface area contributed by atoms with E-state index in [1.807, 2.05) is 11.3 Å². The number of hydrogen-bond donors (Lipinski definition) is 0. The minimum absolute atomic E-state index is 0.308. The molecule has 0 fully saturated rings. The summed E-state index contributed by atoms with van der Waals surface area (Å²) < 4.78 is 2.69. The Bertz CT molecular complexity index is 3120. The molecular formula is C50H30S. The SMILES string of the molecule is C1=CC(c2ccc3sc4ccc(-c5ccc(-c6ccc7ccc8cccc9ccc6c7c89)cc5)cc4c3c2)C2C=Cc3cccc4ccc1c2c34. The van der Waals surface area contributed by atoms with Crippen molar-refractivity contribution in [3.8, 4) is 22.3 Å². The Morgan fingerprint density at radius 1 is 0.392 bits per heavy atom. The van der Waals surface area contributed by atoms with Crippen LogP contribution in [0.4, 0.5) is 0 Å². The average molecular weight is 663 g/mol. The summed E-state index contributed by atoms with van der Waals surface area (Å²) >= 11 is 1.90. The monoisotopic (exact) mass is 662 g/mol. The standard InChI is InChI=1S/C50H30S/c1-3-31-11-13-35-15-21-39(41-23-17-33(5-1)47(31)49(35)41)30-9-7-29(8-10-30)37-19-25-45-43(27-37)44-28-38(20-26-46(44)51-45)40-22-16-36-14-12-32-4-2-6-34-18-24-42(40)50(36)48(32)34/h1-28,40,42H. The fraction of sp³-hybridized carbons (Fsp3) is 0.0400. The van der Waals surface area contributed by atoms with E-state index in [1.54, 1.807) is 0 Å². The van der Waals surface area contributed by atoms with Gasteiger partial charge in [-0.05, 0) is 112 Å². The minimum Gasteiger partial charge on any atom is -0.135 e. The molecule has 236 valence electrons. The molecule has 12 rings (SSSR count). The number of rotatable bonds is 3. The first-order valence-corrected chi connectivity index (χ1v) is 18.7. The molecule has 9 aromatic carbocycles. The summed E-state index contributed by atoms with van der Waals surface area (Å²) in [4.78, 5) is 0. The summed E-state index contributed by atoms with van der Waals surface area (Å²) in [6, 6.07) is 55.0. The van der Waals surface area contributed by atoms with Crippen LogP contribution in [0.1, 0.15) is 34.1 Å². The topological polar surface area (TPSA) is 0 Å². The zero-order chi connectivity index (χ0) is 33.2. The molecule has 2 aliphatic carbocycles. The van der Waals surface area contributed by atoms with Crippen LogP contribution in [0.5, 0.6) is 0 Å². The van der Waals surface area contributed by atoms with E-state index in [0.29, 0.717) is 11.8 Å². The first kappa shape index (κ1) is 27.8. The second-order valence-electron chi connectivity index (χ2n) is 14.4. The van der Waals surface area contributed by atoms with Gasteiger partial charge in [0.1, 0.15) is 0 Å². The van der Waals surface area contributed by atoms with Crippen molar-refractivity contribution in [2.75, 3.05) is 0 Å². The van der Waals surface area contributed by atoms with E-state index in [-0.39, 0.29) is 0 Å². The van der Waals surface area contributed by atoms with E-state index < -0.39 is 0 Å². The van der Waals surface area contributed by atoms with Crippen LogP contribution >= 0.6 is 11.3 Å². The molecule has 0 saturated heterocycles. The van der Waals surface area contributed by atoms with Gasteiger partial charge in [0.2, 0.25) is 0 Å². The Kier molecular flexibility index (Phi) is 5.59. The maximum absolute atomic E-state index is 2.48. The molecule has 0 N–H and O–H groups in total. The molecule has 1 aromatic heterocycles. The van der Waals surface area contributed by atoms with Gasteiger partial charge in [-0.15, -0.1) is 11.3 Å². The fourth-order valence-electron chi connectivity index (χ4n) is 9.36. The summed E-state index contributed by atoms with van der Waals surface area (Å²) in [5.41, 5.74) is 10.6. The van der Waals surface area contributed by atoms with Gasteiger partial charge in [-0.3, -0.25) is 0 Å². The van der Waals surface area contributed by atoms with Crippen LogP contribution in [-0.4, -0.2) is 0 Å².